The third-order valence-corrected chi connectivity index (χ3v) is 3.10. The average molecular weight is 275 g/mol. The van der Waals surface area contributed by atoms with E-state index in [4.69, 9.17) is 9.72 Å². The quantitative estimate of drug-likeness (QED) is 0.656. The average Bonchev–Trinajstić information content (AvgIpc) is 2.37. The first kappa shape index (κ1) is 16.7. The van der Waals surface area contributed by atoms with Gasteiger partial charge in [0.2, 0.25) is 0 Å². The second kappa shape index (κ2) is 5.99. The molecule has 0 spiro atoms. The van der Waals surface area contributed by atoms with Gasteiger partial charge in [-0.05, 0) is 12.1 Å². The van der Waals surface area contributed by atoms with E-state index in [9.17, 15) is 0 Å². The summed E-state index contributed by atoms with van der Waals surface area (Å²) in [5.41, 5.74) is 3.40. The minimum atomic E-state index is -0.00345. The number of rotatable bonds is 0. The van der Waals surface area contributed by atoms with Gasteiger partial charge < -0.3 is 4.74 Å². The number of fused-ring (bicyclic) bond motifs is 1. The van der Waals surface area contributed by atoms with Crippen LogP contribution < -0.4 is 4.74 Å². The van der Waals surface area contributed by atoms with Crippen molar-refractivity contribution in [2.24, 2.45) is 0 Å². The molecule has 2 nitrogen and oxygen atoms in total. The zero-order valence-corrected chi connectivity index (χ0v) is 14.3. The van der Waals surface area contributed by atoms with Gasteiger partial charge in [0, 0.05) is 22.1 Å². The largest absolute Gasteiger partial charge is 0.487 e. The number of ether oxygens (including phenoxy) is 1. The van der Waals surface area contributed by atoms with E-state index in [1.54, 1.807) is 0 Å². The molecule has 0 amide bonds. The maximum absolute atomic E-state index is 5.80. The molecule has 2 rings (SSSR count). The van der Waals surface area contributed by atoms with Gasteiger partial charge in [-0.25, -0.2) is 0 Å². The Kier molecular flexibility index (Phi) is 5.01. The maximum Gasteiger partial charge on any atom is 0.149 e. The van der Waals surface area contributed by atoms with Crippen LogP contribution in [0.1, 0.15) is 72.3 Å². The van der Waals surface area contributed by atoms with Crippen molar-refractivity contribution in [3.63, 3.8) is 0 Å². The van der Waals surface area contributed by atoms with Crippen molar-refractivity contribution in [1.29, 1.82) is 0 Å². The lowest BCUT2D eigenvalue weighted by atomic mass is 9.85. The molecular weight excluding hydrogens is 246 g/mol. The van der Waals surface area contributed by atoms with Crippen molar-refractivity contribution in [3.05, 3.63) is 29.1 Å². The highest BCUT2D eigenvalue weighted by Gasteiger charge is 2.27. The van der Waals surface area contributed by atoms with E-state index in [1.807, 2.05) is 13.8 Å². The molecule has 0 saturated heterocycles. The first-order valence-electron chi connectivity index (χ1n) is 7.55. The molecule has 0 saturated carbocycles. The normalized spacial score (nSPS) is 14.0. The SMILES string of the molecule is CC.CC(C)(C)c1cc2c(c(C(C)(C)C)n1)OCC=C2. The van der Waals surface area contributed by atoms with Crippen LogP contribution in [-0.2, 0) is 10.8 Å². The molecular formula is C18H29NO. The lowest BCUT2D eigenvalue weighted by molar-refractivity contribution is 0.341. The highest BCUT2D eigenvalue weighted by molar-refractivity contribution is 5.62. The molecule has 0 bridgehead atoms. The number of hydrogen-bond acceptors (Lipinski definition) is 2. The molecule has 1 aliphatic heterocycles. The highest BCUT2D eigenvalue weighted by atomic mass is 16.5. The van der Waals surface area contributed by atoms with E-state index in [0.29, 0.717) is 6.61 Å². The molecule has 0 aliphatic carbocycles. The Morgan fingerprint density at radius 3 is 2.10 bits per heavy atom. The van der Waals surface area contributed by atoms with Gasteiger partial charge in [0.1, 0.15) is 12.4 Å². The predicted molar refractivity (Wildman–Crippen MR) is 87.5 cm³/mol. The lowest BCUT2D eigenvalue weighted by Gasteiger charge is -2.28. The smallest absolute Gasteiger partial charge is 0.149 e. The Labute approximate surface area is 124 Å². The Balaban J connectivity index is 0.000000956. The first-order chi connectivity index (χ1) is 9.19. The molecule has 0 radical (unpaired) electrons. The van der Waals surface area contributed by atoms with Crippen LogP contribution >= 0.6 is 0 Å². The van der Waals surface area contributed by atoms with Crippen molar-refractivity contribution >= 4 is 6.08 Å². The topological polar surface area (TPSA) is 22.1 Å². The molecule has 0 fully saturated rings. The van der Waals surface area contributed by atoms with Crippen molar-refractivity contribution in [1.82, 2.24) is 4.98 Å². The molecule has 1 aromatic rings. The Morgan fingerprint density at radius 2 is 1.60 bits per heavy atom. The van der Waals surface area contributed by atoms with Gasteiger partial charge in [-0.15, -0.1) is 0 Å². The minimum absolute atomic E-state index is 0.00345. The molecule has 0 aromatic carbocycles. The van der Waals surface area contributed by atoms with Crippen LogP contribution in [-0.4, -0.2) is 11.6 Å². The Bertz CT molecular complexity index is 487. The first-order valence-corrected chi connectivity index (χ1v) is 7.55. The van der Waals surface area contributed by atoms with Crippen molar-refractivity contribution < 1.29 is 4.74 Å². The van der Waals surface area contributed by atoms with Crippen LogP contribution in [0, 0.1) is 0 Å². The summed E-state index contributed by atoms with van der Waals surface area (Å²) in [4.78, 5) is 4.87. The van der Waals surface area contributed by atoms with E-state index in [2.05, 4.69) is 59.8 Å². The monoisotopic (exact) mass is 275 g/mol. The molecule has 0 N–H and O–H groups in total. The second-order valence-electron chi connectivity index (χ2n) is 6.99. The molecule has 1 aliphatic rings. The van der Waals surface area contributed by atoms with Gasteiger partial charge in [0.25, 0.3) is 0 Å². The minimum Gasteiger partial charge on any atom is -0.487 e. The van der Waals surface area contributed by atoms with Gasteiger partial charge in [0.05, 0.1) is 5.69 Å². The Hall–Kier alpha value is -1.31. The summed E-state index contributed by atoms with van der Waals surface area (Å²) in [5.74, 6) is 0.956. The van der Waals surface area contributed by atoms with Gasteiger partial charge in [0.15, 0.2) is 0 Å². The van der Waals surface area contributed by atoms with Gasteiger partial charge in [-0.1, -0.05) is 61.5 Å². The molecule has 2 heterocycles. The summed E-state index contributed by atoms with van der Waals surface area (Å²) in [7, 11) is 0. The summed E-state index contributed by atoms with van der Waals surface area (Å²) in [6.07, 6.45) is 4.20. The van der Waals surface area contributed by atoms with E-state index < -0.39 is 0 Å². The zero-order chi connectivity index (χ0) is 15.6. The third kappa shape index (κ3) is 3.62. The van der Waals surface area contributed by atoms with E-state index in [1.165, 1.54) is 0 Å². The fourth-order valence-corrected chi connectivity index (χ4v) is 2.03. The molecule has 0 unspecified atom stereocenters. The van der Waals surface area contributed by atoms with Crippen LogP contribution in [0.15, 0.2) is 12.1 Å². The van der Waals surface area contributed by atoms with Crippen LogP contribution in [0.3, 0.4) is 0 Å². The summed E-state index contributed by atoms with van der Waals surface area (Å²) in [6, 6.07) is 2.15. The van der Waals surface area contributed by atoms with Crippen LogP contribution in [0.4, 0.5) is 0 Å². The predicted octanol–water partition coefficient (Wildman–Crippen LogP) is 5.11. The van der Waals surface area contributed by atoms with E-state index >= 15 is 0 Å². The molecule has 20 heavy (non-hydrogen) atoms. The van der Waals surface area contributed by atoms with Crippen LogP contribution in [0.5, 0.6) is 5.75 Å². The van der Waals surface area contributed by atoms with Gasteiger partial charge in [-0.2, -0.15) is 0 Å². The third-order valence-electron chi connectivity index (χ3n) is 3.10. The second-order valence-corrected chi connectivity index (χ2v) is 6.99. The molecule has 2 heteroatoms. The fourth-order valence-electron chi connectivity index (χ4n) is 2.03. The summed E-state index contributed by atoms with van der Waals surface area (Å²) in [5, 5.41) is 0. The van der Waals surface area contributed by atoms with Crippen LogP contribution in [0.25, 0.3) is 6.08 Å². The van der Waals surface area contributed by atoms with Crippen molar-refractivity contribution in [3.8, 4) is 5.75 Å². The van der Waals surface area contributed by atoms with Crippen molar-refractivity contribution in [2.45, 2.75) is 66.2 Å². The summed E-state index contributed by atoms with van der Waals surface area (Å²) < 4.78 is 5.80. The van der Waals surface area contributed by atoms with E-state index in [-0.39, 0.29) is 10.8 Å². The maximum atomic E-state index is 5.80. The zero-order valence-electron chi connectivity index (χ0n) is 14.3. The number of nitrogens with zero attached hydrogens (tertiary/aromatic N) is 1. The highest BCUT2D eigenvalue weighted by Crippen LogP contribution is 2.37. The Morgan fingerprint density at radius 1 is 1.00 bits per heavy atom. The molecule has 1 aromatic heterocycles. The number of aromatic nitrogens is 1. The molecule has 0 atom stereocenters. The molecule has 112 valence electrons. The summed E-state index contributed by atoms with van der Waals surface area (Å²) in [6.45, 7) is 17.8. The van der Waals surface area contributed by atoms with Crippen molar-refractivity contribution in [2.75, 3.05) is 6.61 Å². The lowest BCUT2D eigenvalue weighted by Crippen LogP contribution is -2.22. The number of hydrogen-bond donors (Lipinski definition) is 0. The van der Waals surface area contributed by atoms with Gasteiger partial charge in [-0.3, -0.25) is 4.98 Å². The van der Waals surface area contributed by atoms with E-state index in [0.717, 1.165) is 22.7 Å². The standard InChI is InChI=1S/C16H23NO.C2H6/c1-15(2,3)12-10-11-8-7-9-18-13(11)14(17-12)16(4,5)6;1-2/h7-8,10H,9H2,1-6H3;1-2H3. The van der Waals surface area contributed by atoms with Crippen LogP contribution in [0.2, 0.25) is 0 Å². The fraction of sp³-hybridized carbons (Fsp3) is 0.611. The summed E-state index contributed by atoms with van der Waals surface area (Å²) >= 11 is 0. The van der Waals surface area contributed by atoms with Gasteiger partial charge >= 0.3 is 0 Å². The number of pyridine rings is 1.